The molecular weight excluding hydrogens is 202 g/mol. The van der Waals surface area contributed by atoms with Crippen LogP contribution in [0.5, 0.6) is 0 Å². The first-order valence-corrected chi connectivity index (χ1v) is 5.94. The minimum Gasteiger partial charge on any atom is -0.367 e. The van der Waals surface area contributed by atoms with Gasteiger partial charge in [0.2, 0.25) is 0 Å². The number of piperidine rings is 1. The lowest BCUT2D eigenvalue weighted by Crippen LogP contribution is -2.40. The van der Waals surface area contributed by atoms with E-state index in [9.17, 15) is 0 Å². The Morgan fingerprint density at radius 3 is 2.56 bits per heavy atom. The van der Waals surface area contributed by atoms with Crippen molar-refractivity contribution in [2.45, 2.75) is 45.1 Å². The molecule has 90 valence electrons. The highest BCUT2D eigenvalue weighted by Crippen LogP contribution is 2.32. The summed E-state index contributed by atoms with van der Waals surface area (Å²) in [5, 5.41) is 3.93. The first-order valence-electron chi connectivity index (χ1n) is 5.94. The number of anilines is 1. The predicted molar refractivity (Wildman–Crippen MR) is 64.6 cm³/mol. The van der Waals surface area contributed by atoms with Crippen LogP contribution < -0.4 is 10.6 Å². The lowest BCUT2D eigenvalue weighted by atomic mass is 9.91. The van der Waals surface area contributed by atoms with E-state index in [1.54, 1.807) is 0 Å². The fraction of sp³-hybridized carbons (Fsp3) is 0.750. The van der Waals surface area contributed by atoms with Crippen molar-refractivity contribution in [1.29, 1.82) is 0 Å². The molecule has 2 N–H and O–H groups in total. The van der Waals surface area contributed by atoms with Gasteiger partial charge in [0.1, 0.15) is 5.69 Å². The molecule has 0 aromatic carbocycles. The molecule has 1 aliphatic rings. The van der Waals surface area contributed by atoms with Gasteiger partial charge < -0.3 is 15.2 Å². The van der Waals surface area contributed by atoms with Crippen molar-refractivity contribution >= 4 is 5.69 Å². The molecule has 0 unspecified atom stereocenters. The Morgan fingerprint density at radius 2 is 2.00 bits per heavy atom. The van der Waals surface area contributed by atoms with Crippen LogP contribution in [0.2, 0.25) is 0 Å². The van der Waals surface area contributed by atoms with Gasteiger partial charge in [-0.05, 0) is 12.8 Å². The van der Waals surface area contributed by atoms with Gasteiger partial charge in [0.25, 0.3) is 0 Å². The second-order valence-electron chi connectivity index (χ2n) is 5.61. The SMILES string of the molecule is CC(C)(C)c1oncc1N1CCC(N)CC1. The minimum atomic E-state index is 0.00535. The summed E-state index contributed by atoms with van der Waals surface area (Å²) in [5.74, 6) is 0.975. The Morgan fingerprint density at radius 1 is 1.38 bits per heavy atom. The Kier molecular flexibility index (Phi) is 2.93. The van der Waals surface area contributed by atoms with Crippen LogP contribution in [-0.2, 0) is 5.41 Å². The average Bonchev–Trinajstić information content (AvgIpc) is 2.66. The highest BCUT2D eigenvalue weighted by atomic mass is 16.5. The second kappa shape index (κ2) is 4.09. The largest absolute Gasteiger partial charge is 0.367 e. The van der Waals surface area contributed by atoms with E-state index in [1.807, 2.05) is 6.20 Å². The molecule has 0 saturated carbocycles. The number of hydrogen-bond donors (Lipinski definition) is 1. The summed E-state index contributed by atoms with van der Waals surface area (Å²) in [6.07, 6.45) is 3.93. The van der Waals surface area contributed by atoms with Crippen molar-refractivity contribution in [3.63, 3.8) is 0 Å². The third-order valence-electron chi connectivity index (χ3n) is 3.11. The first-order chi connectivity index (χ1) is 7.48. The Bertz CT molecular complexity index is 345. The average molecular weight is 223 g/mol. The van der Waals surface area contributed by atoms with Crippen LogP contribution in [0.4, 0.5) is 5.69 Å². The highest BCUT2D eigenvalue weighted by Gasteiger charge is 2.27. The maximum Gasteiger partial charge on any atom is 0.165 e. The van der Waals surface area contributed by atoms with Crippen LogP contribution in [0.25, 0.3) is 0 Å². The topological polar surface area (TPSA) is 55.3 Å². The summed E-state index contributed by atoms with van der Waals surface area (Å²) in [6, 6.07) is 0.356. The standard InChI is InChI=1S/C12H21N3O/c1-12(2,3)11-10(8-14-16-11)15-6-4-9(13)5-7-15/h8-9H,4-7,13H2,1-3H3. The van der Waals surface area contributed by atoms with Gasteiger partial charge in [-0.3, -0.25) is 0 Å². The van der Waals surface area contributed by atoms with Crippen molar-refractivity contribution in [1.82, 2.24) is 5.16 Å². The summed E-state index contributed by atoms with van der Waals surface area (Å²) < 4.78 is 5.39. The van der Waals surface area contributed by atoms with E-state index in [4.69, 9.17) is 10.3 Å². The van der Waals surface area contributed by atoms with Crippen molar-refractivity contribution < 1.29 is 4.52 Å². The summed E-state index contributed by atoms with van der Waals surface area (Å²) in [6.45, 7) is 8.45. The van der Waals surface area contributed by atoms with Crippen LogP contribution in [0.1, 0.15) is 39.4 Å². The third kappa shape index (κ3) is 2.21. The van der Waals surface area contributed by atoms with E-state index in [0.717, 1.165) is 37.4 Å². The second-order valence-corrected chi connectivity index (χ2v) is 5.61. The van der Waals surface area contributed by atoms with Gasteiger partial charge in [-0.15, -0.1) is 0 Å². The molecule has 1 saturated heterocycles. The molecule has 0 spiro atoms. The molecule has 0 amide bonds. The quantitative estimate of drug-likeness (QED) is 0.790. The lowest BCUT2D eigenvalue weighted by molar-refractivity contribution is 0.328. The van der Waals surface area contributed by atoms with E-state index in [2.05, 4.69) is 30.8 Å². The normalized spacial score (nSPS) is 19.1. The molecule has 0 atom stereocenters. The number of rotatable bonds is 1. The third-order valence-corrected chi connectivity index (χ3v) is 3.11. The van der Waals surface area contributed by atoms with Crippen molar-refractivity contribution in [2.75, 3.05) is 18.0 Å². The highest BCUT2D eigenvalue weighted by molar-refractivity contribution is 5.50. The van der Waals surface area contributed by atoms with Crippen LogP contribution in [0, 0.1) is 0 Å². The van der Waals surface area contributed by atoms with Crippen molar-refractivity contribution in [3.05, 3.63) is 12.0 Å². The zero-order chi connectivity index (χ0) is 11.8. The van der Waals surface area contributed by atoms with Crippen LogP contribution in [0.3, 0.4) is 0 Å². The molecule has 0 radical (unpaired) electrons. The Labute approximate surface area is 96.8 Å². The molecular formula is C12H21N3O. The smallest absolute Gasteiger partial charge is 0.165 e. The molecule has 1 aliphatic heterocycles. The van der Waals surface area contributed by atoms with Gasteiger partial charge in [-0.2, -0.15) is 0 Å². The van der Waals surface area contributed by atoms with E-state index in [1.165, 1.54) is 0 Å². The lowest BCUT2D eigenvalue weighted by Gasteiger charge is -2.32. The van der Waals surface area contributed by atoms with Crippen LogP contribution in [-0.4, -0.2) is 24.3 Å². The number of aromatic nitrogens is 1. The number of hydrogen-bond acceptors (Lipinski definition) is 4. The zero-order valence-corrected chi connectivity index (χ0v) is 10.4. The summed E-state index contributed by atoms with van der Waals surface area (Å²) >= 11 is 0. The Balaban J connectivity index is 2.18. The van der Waals surface area contributed by atoms with Gasteiger partial charge in [0, 0.05) is 24.5 Å². The van der Waals surface area contributed by atoms with E-state index >= 15 is 0 Å². The van der Waals surface area contributed by atoms with Crippen LogP contribution in [0.15, 0.2) is 10.7 Å². The molecule has 1 aromatic rings. The van der Waals surface area contributed by atoms with Gasteiger partial charge in [0.15, 0.2) is 5.76 Å². The predicted octanol–water partition coefficient (Wildman–Crippen LogP) is 1.90. The fourth-order valence-corrected chi connectivity index (χ4v) is 2.12. The number of nitrogens with two attached hydrogens (primary N) is 1. The van der Waals surface area contributed by atoms with Gasteiger partial charge in [0.05, 0.1) is 6.20 Å². The fourth-order valence-electron chi connectivity index (χ4n) is 2.12. The molecule has 2 heterocycles. The maximum absolute atomic E-state index is 5.91. The van der Waals surface area contributed by atoms with Crippen LogP contribution >= 0.6 is 0 Å². The Hall–Kier alpha value is -1.03. The number of nitrogens with zero attached hydrogens (tertiary/aromatic N) is 2. The van der Waals surface area contributed by atoms with E-state index < -0.39 is 0 Å². The van der Waals surface area contributed by atoms with E-state index in [-0.39, 0.29) is 5.41 Å². The minimum absolute atomic E-state index is 0.00535. The van der Waals surface area contributed by atoms with E-state index in [0.29, 0.717) is 6.04 Å². The van der Waals surface area contributed by atoms with Gasteiger partial charge in [-0.1, -0.05) is 25.9 Å². The van der Waals surface area contributed by atoms with Crippen molar-refractivity contribution in [3.8, 4) is 0 Å². The van der Waals surface area contributed by atoms with Crippen molar-refractivity contribution in [2.24, 2.45) is 5.73 Å². The summed E-state index contributed by atoms with van der Waals surface area (Å²) in [5.41, 5.74) is 7.05. The molecule has 1 aromatic heterocycles. The molecule has 0 aliphatic carbocycles. The molecule has 4 nitrogen and oxygen atoms in total. The van der Waals surface area contributed by atoms with Gasteiger partial charge in [-0.25, -0.2) is 0 Å². The zero-order valence-electron chi connectivity index (χ0n) is 10.4. The molecule has 1 fully saturated rings. The molecule has 0 bridgehead atoms. The molecule has 2 rings (SSSR count). The summed E-state index contributed by atoms with van der Waals surface area (Å²) in [4.78, 5) is 2.33. The van der Waals surface area contributed by atoms with Gasteiger partial charge >= 0.3 is 0 Å². The monoisotopic (exact) mass is 223 g/mol. The maximum atomic E-state index is 5.91. The summed E-state index contributed by atoms with van der Waals surface area (Å²) in [7, 11) is 0. The first kappa shape index (κ1) is 11.5. The molecule has 4 heteroatoms. The molecule has 16 heavy (non-hydrogen) atoms.